The van der Waals surface area contributed by atoms with E-state index in [1.165, 1.54) is 6.33 Å². The Balaban J connectivity index is 1.70. The quantitative estimate of drug-likeness (QED) is 0.559. The molecule has 0 atom stereocenters. The van der Waals surface area contributed by atoms with Crippen molar-refractivity contribution >= 4 is 17.5 Å². The van der Waals surface area contributed by atoms with Crippen LogP contribution in [-0.2, 0) is 16.0 Å². The van der Waals surface area contributed by atoms with E-state index in [1.807, 2.05) is 19.1 Å². The Labute approximate surface area is 122 Å². The zero-order chi connectivity index (χ0) is 15.1. The molecule has 0 aliphatic carbocycles. The third-order valence-corrected chi connectivity index (χ3v) is 2.86. The second-order valence-corrected chi connectivity index (χ2v) is 4.61. The highest BCUT2D eigenvalue weighted by Crippen LogP contribution is 2.08. The van der Waals surface area contributed by atoms with Crippen molar-refractivity contribution in [1.82, 2.24) is 20.5 Å². The summed E-state index contributed by atoms with van der Waals surface area (Å²) in [4.78, 5) is 27.3. The fraction of sp³-hybridized carbons (Fsp3) is 0.286. The Morgan fingerprint density at radius 1 is 1.19 bits per heavy atom. The maximum Gasteiger partial charge on any atom is 0.313 e. The van der Waals surface area contributed by atoms with E-state index in [0.29, 0.717) is 25.1 Å². The number of hydrogen-bond acceptors (Lipinski definition) is 4. The molecule has 0 fully saturated rings. The first-order valence-corrected chi connectivity index (χ1v) is 6.65. The summed E-state index contributed by atoms with van der Waals surface area (Å²) >= 11 is 0. The van der Waals surface area contributed by atoms with Gasteiger partial charge in [-0.15, -0.1) is 0 Å². The molecule has 0 unspecified atom stereocenters. The highest BCUT2D eigenvalue weighted by molar-refractivity contribution is 6.39. The predicted octanol–water partition coefficient (Wildman–Crippen LogP) is 0.801. The van der Waals surface area contributed by atoms with Crippen LogP contribution in [0.2, 0.25) is 0 Å². The maximum absolute atomic E-state index is 11.7. The number of carbonyl (C=O) groups is 2. The number of nitrogens with zero attached hydrogens (tertiary/aromatic N) is 2. The van der Waals surface area contributed by atoms with Gasteiger partial charge in [0.2, 0.25) is 0 Å². The summed E-state index contributed by atoms with van der Waals surface area (Å²) in [6.45, 7) is 2.35. The molecule has 2 aromatic rings. The number of benzene rings is 1. The number of H-pyrrole nitrogens is 1. The molecule has 0 saturated heterocycles. The molecule has 0 saturated carbocycles. The van der Waals surface area contributed by atoms with Gasteiger partial charge in [-0.3, -0.25) is 14.7 Å². The van der Waals surface area contributed by atoms with E-state index in [0.717, 1.165) is 11.4 Å². The molecule has 0 aliphatic rings. The minimum atomic E-state index is -0.668. The molecule has 3 N–H and O–H groups in total. The van der Waals surface area contributed by atoms with Crippen molar-refractivity contribution in [1.29, 1.82) is 0 Å². The summed E-state index contributed by atoms with van der Waals surface area (Å²) in [5.74, 6) is -0.556. The van der Waals surface area contributed by atoms with Gasteiger partial charge in [-0.05, 0) is 25.5 Å². The number of aromatic nitrogens is 3. The van der Waals surface area contributed by atoms with Crippen LogP contribution in [0.25, 0.3) is 0 Å². The van der Waals surface area contributed by atoms with Crippen molar-refractivity contribution in [3.8, 4) is 0 Å². The number of aromatic amines is 1. The van der Waals surface area contributed by atoms with E-state index < -0.39 is 11.8 Å². The fourth-order valence-electron chi connectivity index (χ4n) is 1.71. The number of hydrogen-bond donors (Lipinski definition) is 3. The minimum Gasteiger partial charge on any atom is -0.348 e. The van der Waals surface area contributed by atoms with Crippen molar-refractivity contribution in [2.75, 3.05) is 11.9 Å². The summed E-state index contributed by atoms with van der Waals surface area (Å²) in [6, 6.07) is 7.24. The average molecular weight is 287 g/mol. The number of aryl methyl sites for hydroxylation is 2. The molecule has 2 amide bonds. The zero-order valence-corrected chi connectivity index (χ0v) is 11.7. The standard InChI is InChI=1S/C14H17N5O2/c1-10-4-6-11(7-5-10)18-14(21)13(20)15-8-2-3-12-16-9-17-19-12/h4-7,9H,2-3,8H2,1H3,(H,15,20)(H,18,21)(H,16,17,19). The van der Waals surface area contributed by atoms with Crippen LogP contribution in [0.4, 0.5) is 5.69 Å². The Hall–Kier alpha value is -2.70. The number of carbonyl (C=O) groups excluding carboxylic acids is 2. The smallest absolute Gasteiger partial charge is 0.313 e. The molecule has 1 aromatic heterocycles. The first-order chi connectivity index (χ1) is 10.1. The van der Waals surface area contributed by atoms with Crippen LogP contribution in [-0.4, -0.2) is 33.5 Å². The lowest BCUT2D eigenvalue weighted by atomic mass is 10.2. The van der Waals surface area contributed by atoms with Crippen LogP contribution in [0.1, 0.15) is 17.8 Å². The molecule has 0 spiro atoms. The van der Waals surface area contributed by atoms with Gasteiger partial charge in [0.15, 0.2) is 0 Å². The lowest BCUT2D eigenvalue weighted by molar-refractivity contribution is -0.136. The molecule has 110 valence electrons. The number of nitrogens with one attached hydrogen (secondary N) is 3. The van der Waals surface area contributed by atoms with Gasteiger partial charge in [0.05, 0.1) is 0 Å². The topological polar surface area (TPSA) is 99.8 Å². The lowest BCUT2D eigenvalue weighted by Gasteiger charge is -2.06. The van der Waals surface area contributed by atoms with Crippen LogP contribution in [0.15, 0.2) is 30.6 Å². The van der Waals surface area contributed by atoms with Gasteiger partial charge >= 0.3 is 11.8 Å². The molecule has 1 aromatic carbocycles. The molecule has 1 heterocycles. The van der Waals surface area contributed by atoms with Gasteiger partial charge in [0, 0.05) is 18.7 Å². The van der Waals surface area contributed by atoms with E-state index in [2.05, 4.69) is 25.8 Å². The van der Waals surface area contributed by atoms with Gasteiger partial charge in [0.25, 0.3) is 0 Å². The highest BCUT2D eigenvalue weighted by atomic mass is 16.2. The number of anilines is 1. The molecule has 7 nitrogen and oxygen atoms in total. The molecular formula is C14H17N5O2. The van der Waals surface area contributed by atoms with Crippen molar-refractivity contribution in [2.45, 2.75) is 19.8 Å². The van der Waals surface area contributed by atoms with Crippen molar-refractivity contribution < 1.29 is 9.59 Å². The Bertz CT molecular complexity index is 592. The third-order valence-electron chi connectivity index (χ3n) is 2.86. The first-order valence-electron chi connectivity index (χ1n) is 6.65. The molecule has 0 aliphatic heterocycles. The van der Waals surface area contributed by atoms with E-state index in [4.69, 9.17) is 0 Å². The number of rotatable bonds is 5. The summed E-state index contributed by atoms with van der Waals surface area (Å²) in [5, 5.41) is 11.6. The Morgan fingerprint density at radius 2 is 1.95 bits per heavy atom. The van der Waals surface area contributed by atoms with Crippen LogP contribution >= 0.6 is 0 Å². The molecule has 2 rings (SSSR count). The lowest BCUT2D eigenvalue weighted by Crippen LogP contribution is -2.36. The van der Waals surface area contributed by atoms with Crippen LogP contribution in [0.3, 0.4) is 0 Å². The van der Waals surface area contributed by atoms with Gasteiger partial charge in [-0.1, -0.05) is 17.7 Å². The normalized spacial score (nSPS) is 10.1. The first kappa shape index (κ1) is 14.7. The van der Waals surface area contributed by atoms with Gasteiger partial charge in [0.1, 0.15) is 12.2 Å². The predicted molar refractivity (Wildman–Crippen MR) is 77.5 cm³/mol. The van der Waals surface area contributed by atoms with Crippen LogP contribution in [0.5, 0.6) is 0 Å². The van der Waals surface area contributed by atoms with E-state index in [9.17, 15) is 9.59 Å². The molecule has 0 bridgehead atoms. The molecule has 0 radical (unpaired) electrons. The van der Waals surface area contributed by atoms with Gasteiger partial charge < -0.3 is 10.6 Å². The second kappa shape index (κ2) is 7.18. The average Bonchev–Trinajstić information content (AvgIpc) is 2.99. The number of amides is 2. The van der Waals surface area contributed by atoms with Crippen LogP contribution < -0.4 is 10.6 Å². The summed E-state index contributed by atoms with van der Waals surface area (Å²) < 4.78 is 0. The third kappa shape index (κ3) is 4.72. The van der Waals surface area contributed by atoms with Crippen molar-refractivity contribution in [3.63, 3.8) is 0 Å². The maximum atomic E-state index is 11.7. The Morgan fingerprint density at radius 3 is 2.62 bits per heavy atom. The fourth-order valence-corrected chi connectivity index (χ4v) is 1.71. The van der Waals surface area contributed by atoms with Crippen LogP contribution in [0, 0.1) is 6.92 Å². The van der Waals surface area contributed by atoms with E-state index in [-0.39, 0.29) is 0 Å². The minimum absolute atomic E-state index is 0.404. The zero-order valence-electron chi connectivity index (χ0n) is 11.7. The second-order valence-electron chi connectivity index (χ2n) is 4.61. The highest BCUT2D eigenvalue weighted by Gasteiger charge is 2.12. The molecule has 7 heteroatoms. The largest absolute Gasteiger partial charge is 0.348 e. The summed E-state index contributed by atoms with van der Waals surface area (Å²) in [7, 11) is 0. The van der Waals surface area contributed by atoms with Crippen molar-refractivity contribution in [3.05, 3.63) is 42.0 Å². The van der Waals surface area contributed by atoms with E-state index >= 15 is 0 Å². The van der Waals surface area contributed by atoms with Crippen molar-refractivity contribution in [2.24, 2.45) is 0 Å². The Kier molecular flexibility index (Phi) is 5.03. The summed E-state index contributed by atoms with van der Waals surface area (Å²) in [5.41, 5.74) is 1.69. The van der Waals surface area contributed by atoms with Gasteiger partial charge in [-0.25, -0.2) is 4.98 Å². The van der Waals surface area contributed by atoms with E-state index in [1.54, 1.807) is 12.1 Å². The molecule has 21 heavy (non-hydrogen) atoms. The SMILES string of the molecule is Cc1ccc(NC(=O)C(=O)NCCCc2ncn[nH]2)cc1. The summed E-state index contributed by atoms with van der Waals surface area (Å²) in [6.07, 6.45) is 2.78. The molecular weight excluding hydrogens is 270 g/mol. The van der Waals surface area contributed by atoms with Gasteiger partial charge in [-0.2, -0.15) is 5.10 Å². The monoisotopic (exact) mass is 287 g/mol.